The fourth-order valence-electron chi connectivity index (χ4n) is 2.09. The van der Waals surface area contributed by atoms with E-state index in [9.17, 15) is 5.11 Å². The van der Waals surface area contributed by atoms with Crippen LogP contribution >= 0.6 is 0 Å². The third kappa shape index (κ3) is 4.09. The van der Waals surface area contributed by atoms with E-state index in [0.29, 0.717) is 6.04 Å². The monoisotopic (exact) mass is 214 g/mol. The fraction of sp³-hybridized carbons (Fsp3) is 1.00. The van der Waals surface area contributed by atoms with Crippen LogP contribution in [0.1, 0.15) is 27.7 Å². The number of rotatable bonds is 4. The van der Waals surface area contributed by atoms with E-state index in [2.05, 4.69) is 37.5 Å². The number of aliphatic hydroxyl groups is 1. The molecule has 3 heteroatoms. The third-order valence-electron chi connectivity index (χ3n) is 3.22. The minimum absolute atomic E-state index is 0.0417. The molecular formula is C12H26N2O. The van der Waals surface area contributed by atoms with Gasteiger partial charge >= 0.3 is 0 Å². The summed E-state index contributed by atoms with van der Waals surface area (Å²) in [4.78, 5) is 4.98. The van der Waals surface area contributed by atoms with E-state index in [-0.39, 0.29) is 12.0 Å². The highest BCUT2D eigenvalue weighted by atomic mass is 16.3. The molecule has 0 spiro atoms. The van der Waals surface area contributed by atoms with Gasteiger partial charge in [-0.25, -0.2) is 0 Å². The fourth-order valence-corrected chi connectivity index (χ4v) is 2.09. The summed E-state index contributed by atoms with van der Waals surface area (Å²) in [7, 11) is 0. The van der Waals surface area contributed by atoms with Crippen molar-refractivity contribution < 1.29 is 5.11 Å². The summed E-state index contributed by atoms with van der Waals surface area (Å²) in [5, 5.41) is 9.23. The highest BCUT2D eigenvalue weighted by Gasteiger charge is 2.24. The second-order valence-electron chi connectivity index (χ2n) is 5.73. The van der Waals surface area contributed by atoms with E-state index in [1.165, 1.54) is 13.1 Å². The molecule has 1 saturated heterocycles. The van der Waals surface area contributed by atoms with Gasteiger partial charge in [0.25, 0.3) is 0 Å². The zero-order valence-electron chi connectivity index (χ0n) is 10.7. The van der Waals surface area contributed by atoms with Gasteiger partial charge in [0.2, 0.25) is 0 Å². The molecule has 0 aromatic rings. The molecule has 1 N–H and O–H groups in total. The van der Waals surface area contributed by atoms with E-state index in [1.807, 2.05) is 0 Å². The lowest BCUT2D eigenvalue weighted by molar-refractivity contribution is 0.0566. The summed E-state index contributed by atoms with van der Waals surface area (Å²) in [6.07, 6.45) is 0. The quantitative estimate of drug-likeness (QED) is 0.757. The van der Waals surface area contributed by atoms with E-state index in [4.69, 9.17) is 0 Å². The van der Waals surface area contributed by atoms with Crippen LogP contribution < -0.4 is 0 Å². The molecule has 0 aromatic carbocycles. The summed E-state index contributed by atoms with van der Waals surface area (Å²) in [5.74, 6) is 0. The maximum absolute atomic E-state index is 9.23. The molecule has 15 heavy (non-hydrogen) atoms. The summed E-state index contributed by atoms with van der Waals surface area (Å²) < 4.78 is 0. The zero-order chi connectivity index (χ0) is 11.5. The van der Waals surface area contributed by atoms with Crippen LogP contribution in [0.5, 0.6) is 0 Å². The van der Waals surface area contributed by atoms with Crippen LogP contribution in [0.25, 0.3) is 0 Å². The molecule has 0 aliphatic carbocycles. The molecule has 3 nitrogen and oxygen atoms in total. The number of nitrogens with zero attached hydrogens (tertiary/aromatic N) is 2. The Labute approximate surface area is 94.1 Å². The molecule has 0 saturated carbocycles. The van der Waals surface area contributed by atoms with Crippen LogP contribution in [0.2, 0.25) is 0 Å². The van der Waals surface area contributed by atoms with Gasteiger partial charge in [-0.2, -0.15) is 0 Å². The Balaban J connectivity index is 2.32. The Hall–Kier alpha value is -0.120. The largest absolute Gasteiger partial charge is 0.396 e. The first-order valence-corrected chi connectivity index (χ1v) is 6.02. The molecule has 0 unspecified atom stereocenters. The molecule has 0 aromatic heterocycles. The molecule has 0 atom stereocenters. The lowest BCUT2D eigenvalue weighted by Gasteiger charge is -2.39. The average molecular weight is 214 g/mol. The highest BCUT2D eigenvalue weighted by Crippen LogP contribution is 2.17. The first kappa shape index (κ1) is 12.9. The maximum atomic E-state index is 9.23. The zero-order valence-corrected chi connectivity index (χ0v) is 10.7. The topological polar surface area (TPSA) is 26.7 Å². The van der Waals surface area contributed by atoms with Gasteiger partial charge in [-0.1, -0.05) is 13.8 Å². The Morgan fingerprint density at radius 3 is 2.07 bits per heavy atom. The molecule has 1 rings (SSSR count). The lowest BCUT2D eigenvalue weighted by atomic mass is 9.94. The van der Waals surface area contributed by atoms with E-state index < -0.39 is 0 Å². The molecule has 1 aliphatic rings. The van der Waals surface area contributed by atoms with Crippen molar-refractivity contribution in [1.29, 1.82) is 0 Å². The first-order chi connectivity index (χ1) is 6.94. The molecule has 1 aliphatic heterocycles. The van der Waals surface area contributed by atoms with Gasteiger partial charge < -0.3 is 10.0 Å². The summed E-state index contributed by atoms with van der Waals surface area (Å²) in [5.41, 5.74) is 0.0417. The smallest absolute Gasteiger partial charge is 0.0494 e. The Kier molecular flexibility index (Phi) is 4.56. The van der Waals surface area contributed by atoms with Crippen LogP contribution in [-0.4, -0.2) is 60.3 Å². The van der Waals surface area contributed by atoms with Gasteiger partial charge in [0.05, 0.1) is 0 Å². The average Bonchev–Trinajstić information content (AvgIpc) is 2.18. The van der Waals surface area contributed by atoms with Gasteiger partial charge in [-0.15, -0.1) is 0 Å². The molecule has 90 valence electrons. The van der Waals surface area contributed by atoms with Crippen molar-refractivity contribution in [1.82, 2.24) is 9.80 Å². The van der Waals surface area contributed by atoms with Gasteiger partial charge in [-0.3, -0.25) is 4.90 Å². The number of piperazine rings is 1. The Morgan fingerprint density at radius 2 is 1.67 bits per heavy atom. The van der Waals surface area contributed by atoms with Crippen LogP contribution in [0.3, 0.4) is 0 Å². The summed E-state index contributed by atoms with van der Waals surface area (Å²) in [6.45, 7) is 14.7. The van der Waals surface area contributed by atoms with Crippen molar-refractivity contribution in [3.63, 3.8) is 0 Å². The Morgan fingerprint density at radius 1 is 1.13 bits per heavy atom. The first-order valence-electron chi connectivity index (χ1n) is 6.02. The number of hydrogen-bond donors (Lipinski definition) is 1. The van der Waals surface area contributed by atoms with Gasteiger partial charge in [0.15, 0.2) is 0 Å². The highest BCUT2D eigenvalue weighted by molar-refractivity contribution is 4.79. The minimum atomic E-state index is 0.0417. The van der Waals surface area contributed by atoms with Crippen molar-refractivity contribution in [3.8, 4) is 0 Å². The van der Waals surface area contributed by atoms with Gasteiger partial charge in [0, 0.05) is 50.8 Å². The molecule has 1 fully saturated rings. The predicted octanol–water partition coefficient (Wildman–Crippen LogP) is 1.03. The van der Waals surface area contributed by atoms with E-state index >= 15 is 0 Å². The standard InChI is InChI=1S/C12H26N2O/c1-11(2)14-7-5-13(6-8-14)9-12(3,4)10-15/h11,15H,5-10H2,1-4H3. The molecule has 0 bridgehead atoms. The number of aliphatic hydroxyl groups excluding tert-OH is 1. The Bertz CT molecular complexity index is 184. The normalized spacial score (nSPS) is 21.2. The summed E-state index contributed by atoms with van der Waals surface area (Å²) in [6, 6.07) is 0.665. The van der Waals surface area contributed by atoms with Crippen molar-refractivity contribution in [3.05, 3.63) is 0 Å². The predicted molar refractivity (Wildman–Crippen MR) is 64.0 cm³/mol. The van der Waals surface area contributed by atoms with Gasteiger partial charge in [0.1, 0.15) is 0 Å². The SMILES string of the molecule is CC(C)N1CCN(CC(C)(C)CO)CC1. The molecule has 1 heterocycles. The molecule has 0 radical (unpaired) electrons. The van der Waals surface area contributed by atoms with Gasteiger partial charge in [-0.05, 0) is 13.8 Å². The summed E-state index contributed by atoms with van der Waals surface area (Å²) >= 11 is 0. The van der Waals surface area contributed by atoms with Crippen molar-refractivity contribution in [2.75, 3.05) is 39.3 Å². The van der Waals surface area contributed by atoms with Crippen molar-refractivity contribution >= 4 is 0 Å². The molecule has 0 amide bonds. The van der Waals surface area contributed by atoms with Crippen LogP contribution in [-0.2, 0) is 0 Å². The third-order valence-corrected chi connectivity index (χ3v) is 3.22. The lowest BCUT2D eigenvalue weighted by Crippen LogP contribution is -2.51. The van der Waals surface area contributed by atoms with E-state index in [1.54, 1.807) is 0 Å². The molecular weight excluding hydrogens is 188 g/mol. The van der Waals surface area contributed by atoms with Crippen molar-refractivity contribution in [2.45, 2.75) is 33.7 Å². The minimum Gasteiger partial charge on any atom is -0.396 e. The number of hydrogen-bond acceptors (Lipinski definition) is 3. The van der Waals surface area contributed by atoms with Crippen molar-refractivity contribution in [2.24, 2.45) is 5.41 Å². The van der Waals surface area contributed by atoms with Crippen LogP contribution in [0.15, 0.2) is 0 Å². The second kappa shape index (κ2) is 5.28. The maximum Gasteiger partial charge on any atom is 0.0494 e. The second-order valence-corrected chi connectivity index (χ2v) is 5.73. The van der Waals surface area contributed by atoms with E-state index in [0.717, 1.165) is 19.6 Å². The van der Waals surface area contributed by atoms with Crippen LogP contribution in [0, 0.1) is 5.41 Å². The van der Waals surface area contributed by atoms with Crippen LogP contribution in [0.4, 0.5) is 0 Å².